The van der Waals surface area contributed by atoms with E-state index in [2.05, 4.69) is 6.58 Å². The molecule has 0 rings (SSSR count). The summed E-state index contributed by atoms with van der Waals surface area (Å²) in [6, 6.07) is 0. The van der Waals surface area contributed by atoms with Crippen LogP contribution in [0.1, 0.15) is 13.8 Å². The molecule has 0 heterocycles. The van der Waals surface area contributed by atoms with E-state index in [0.717, 1.165) is 0 Å². The van der Waals surface area contributed by atoms with E-state index in [1.54, 1.807) is 0 Å². The molecule has 0 aliphatic rings. The summed E-state index contributed by atoms with van der Waals surface area (Å²) in [6.45, 7) is 8.68. The Morgan fingerprint density at radius 1 is 1.14 bits per heavy atom. The second-order valence-corrected chi connectivity index (χ2v) is 6.03. The van der Waals surface area contributed by atoms with Gasteiger partial charge in [-0.25, -0.2) is 0 Å². The minimum atomic E-state index is -2.81. The Labute approximate surface area is 90.7 Å². The SMILES string of the molecule is C=C[Si](Cl)(OCOCC)OCOCC. The maximum atomic E-state index is 6.01. The van der Waals surface area contributed by atoms with Gasteiger partial charge in [0.15, 0.2) is 0 Å². The second-order valence-electron chi connectivity index (χ2n) is 2.30. The molecular formula is C8H17ClO4Si. The maximum Gasteiger partial charge on any atom is 0.473 e. The average molecular weight is 241 g/mol. The molecule has 0 amide bonds. The van der Waals surface area contributed by atoms with Crippen LogP contribution < -0.4 is 0 Å². The Bertz CT molecular complexity index is 146. The molecule has 0 aromatic carbocycles. The second kappa shape index (κ2) is 8.40. The van der Waals surface area contributed by atoms with Crippen molar-refractivity contribution in [1.82, 2.24) is 0 Å². The molecule has 0 fully saturated rings. The van der Waals surface area contributed by atoms with Crippen LogP contribution in [0.25, 0.3) is 0 Å². The predicted octanol–water partition coefficient (Wildman–Crippen LogP) is 1.91. The normalized spacial score (nSPS) is 11.6. The topological polar surface area (TPSA) is 36.9 Å². The Kier molecular flexibility index (Phi) is 8.45. The van der Waals surface area contributed by atoms with Gasteiger partial charge in [-0.05, 0) is 19.5 Å². The van der Waals surface area contributed by atoms with Gasteiger partial charge in [0, 0.05) is 13.2 Å². The number of hydrogen-bond acceptors (Lipinski definition) is 4. The van der Waals surface area contributed by atoms with Gasteiger partial charge in [-0.1, -0.05) is 11.1 Å². The van der Waals surface area contributed by atoms with Crippen LogP contribution in [0.5, 0.6) is 0 Å². The molecule has 4 nitrogen and oxygen atoms in total. The predicted molar refractivity (Wildman–Crippen MR) is 57.0 cm³/mol. The van der Waals surface area contributed by atoms with Crippen molar-refractivity contribution >= 4 is 18.9 Å². The highest BCUT2D eigenvalue weighted by Gasteiger charge is 2.32. The minimum Gasteiger partial charge on any atom is -0.357 e. The molecule has 0 aliphatic carbocycles. The van der Waals surface area contributed by atoms with Crippen LogP contribution in [-0.4, -0.2) is 34.7 Å². The van der Waals surface area contributed by atoms with E-state index in [9.17, 15) is 0 Å². The summed E-state index contributed by atoms with van der Waals surface area (Å²) in [4.78, 5) is 0. The molecule has 0 bridgehead atoms. The van der Waals surface area contributed by atoms with Gasteiger partial charge in [-0.2, -0.15) is 0 Å². The van der Waals surface area contributed by atoms with Crippen LogP contribution in [0.3, 0.4) is 0 Å². The molecule has 6 heteroatoms. The lowest BCUT2D eigenvalue weighted by Crippen LogP contribution is -2.35. The van der Waals surface area contributed by atoms with Crippen molar-refractivity contribution in [3.63, 3.8) is 0 Å². The summed E-state index contributed by atoms with van der Waals surface area (Å²) in [6.07, 6.45) is 0. The molecule has 0 unspecified atom stereocenters. The number of hydrogen-bond donors (Lipinski definition) is 0. The highest BCUT2D eigenvalue weighted by Crippen LogP contribution is 2.14. The van der Waals surface area contributed by atoms with E-state index >= 15 is 0 Å². The maximum absolute atomic E-state index is 6.01. The van der Waals surface area contributed by atoms with Crippen LogP contribution in [0, 0.1) is 0 Å². The van der Waals surface area contributed by atoms with Gasteiger partial charge in [-0.3, -0.25) is 0 Å². The van der Waals surface area contributed by atoms with Crippen molar-refractivity contribution in [2.75, 3.05) is 26.8 Å². The molecule has 0 aromatic heterocycles. The molecule has 0 N–H and O–H groups in total. The molecule has 0 aliphatic heterocycles. The lowest BCUT2D eigenvalue weighted by atomic mass is 10.9. The first-order valence-corrected chi connectivity index (χ1v) is 7.35. The third-order valence-corrected chi connectivity index (χ3v) is 3.96. The van der Waals surface area contributed by atoms with Crippen molar-refractivity contribution in [3.05, 3.63) is 12.3 Å². The molecule has 14 heavy (non-hydrogen) atoms. The average Bonchev–Trinajstić information content (AvgIpc) is 2.19. The van der Waals surface area contributed by atoms with Crippen molar-refractivity contribution in [1.29, 1.82) is 0 Å². The van der Waals surface area contributed by atoms with Gasteiger partial charge in [0.1, 0.15) is 13.6 Å². The Balaban J connectivity index is 3.73. The number of rotatable bonds is 9. The van der Waals surface area contributed by atoms with Crippen LogP contribution >= 0.6 is 11.1 Å². The Morgan fingerprint density at radius 2 is 1.57 bits per heavy atom. The number of halogens is 1. The summed E-state index contributed by atoms with van der Waals surface area (Å²) in [5.74, 6) is 0. The number of ether oxygens (including phenoxy) is 2. The summed E-state index contributed by atoms with van der Waals surface area (Å²) >= 11 is 6.01. The summed E-state index contributed by atoms with van der Waals surface area (Å²) in [7, 11) is -2.81. The molecule has 0 aromatic rings. The van der Waals surface area contributed by atoms with Gasteiger partial charge in [0.2, 0.25) is 0 Å². The molecule has 0 saturated heterocycles. The molecule has 84 valence electrons. The summed E-state index contributed by atoms with van der Waals surface area (Å²) in [5, 5.41) is 0. The van der Waals surface area contributed by atoms with E-state index in [1.165, 1.54) is 5.70 Å². The van der Waals surface area contributed by atoms with E-state index in [1.807, 2.05) is 13.8 Å². The fraction of sp³-hybridized carbons (Fsp3) is 0.750. The minimum absolute atomic E-state index is 0.115. The highest BCUT2D eigenvalue weighted by molar-refractivity contribution is 7.15. The third kappa shape index (κ3) is 6.53. The van der Waals surface area contributed by atoms with Crippen LogP contribution in [0.2, 0.25) is 0 Å². The Morgan fingerprint density at radius 3 is 1.86 bits per heavy atom. The van der Waals surface area contributed by atoms with Crippen LogP contribution in [0.4, 0.5) is 0 Å². The van der Waals surface area contributed by atoms with Gasteiger partial charge in [0.25, 0.3) is 0 Å². The van der Waals surface area contributed by atoms with E-state index < -0.39 is 7.87 Å². The third-order valence-electron chi connectivity index (χ3n) is 1.33. The van der Waals surface area contributed by atoms with Gasteiger partial charge < -0.3 is 18.3 Å². The molecule has 0 saturated carbocycles. The van der Waals surface area contributed by atoms with E-state index in [0.29, 0.717) is 13.2 Å². The zero-order valence-corrected chi connectivity index (χ0v) is 10.4. The fourth-order valence-corrected chi connectivity index (χ4v) is 1.64. The quantitative estimate of drug-likeness (QED) is 0.267. The van der Waals surface area contributed by atoms with Crippen molar-refractivity contribution in [2.45, 2.75) is 13.8 Å². The molecule has 0 spiro atoms. The fourth-order valence-electron chi connectivity index (χ4n) is 0.570. The smallest absolute Gasteiger partial charge is 0.357 e. The van der Waals surface area contributed by atoms with E-state index in [4.69, 9.17) is 29.4 Å². The molecule has 0 radical (unpaired) electrons. The zero-order valence-electron chi connectivity index (χ0n) is 8.62. The first-order valence-electron chi connectivity index (χ1n) is 4.44. The van der Waals surface area contributed by atoms with Gasteiger partial charge in [0.05, 0.1) is 0 Å². The largest absolute Gasteiger partial charge is 0.473 e. The van der Waals surface area contributed by atoms with Gasteiger partial charge in [-0.15, -0.1) is 6.58 Å². The Hall–Kier alpha value is 0.0869. The summed E-state index contributed by atoms with van der Waals surface area (Å²) < 4.78 is 20.4. The molecular weight excluding hydrogens is 224 g/mol. The van der Waals surface area contributed by atoms with E-state index in [-0.39, 0.29) is 13.6 Å². The molecule has 0 atom stereocenters. The first-order chi connectivity index (χ1) is 6.68. The van der Waals surface area contributed by atoms with Crippen LogP contribution in [-0.2, 0) is 18.3 Å². The first kappa shape index (κ1) is 14.1. The lowest BCUT2D eigenvalue weighted by molar-refractivity contribution is -0.0299. The van der Waals surface area contributed by atoms with Crippen molar-refractivity contribution in [2.24, 2.45) is 0 Å². The monoisotopic (exact) mass is 240 g/mol. The van der Waals surface area contributed by atoms with Crippen LogP contribution in [0.15, 0.2) is 12.3 Å². The summed E-state index contributed by atoms with van der Waals surface area (Å²) in [5.41, 5.74) is 1.48. The van der Waals surface area contributed by atoms with Crippen molar-refractivity contribution in [3.8, 4) is 0 Å². The van der Waals surface area contributed by atoms with Crippen molar-refractivity contribution < 1.29 is 18.3 Å². The lowest BCUT2D eigenvalue weighted by Gasteiger charge is -2.19. The zero-order chi connectivity index (χ0) is 10.9. The van der Waals surface area contributed by atoms with Gasteiger partial charge >= 0.3 is 7.87 Å². The standard InChI is InChI=1S/C8H17ClO4Si/c1-4-10-7-12-14(9,6-3)13-8-11-5-2/h6H,3-5,7-8H2,1-2H3. The highest BCUT2D eigenvalue weighted by atomic mass is 35.6.